The first-order valence-electron chi connectivity index (χ1n) is 12.7. The van der Waals surface area contributed by atoms with Crippen LogP contribution in [0.25, 0.3) is 0 Å². The summed E-state index contributed by atoms with van der Waals surface area (Å²) in [6.07, 6.45) is 0. The lowest BCUT2D eigenvalue weighted by atomic mass is 9.78. The Morgan fingerprint density at radius 2 is 0.867 bits per heavy atom. The van der Waals surface area contributed by atoms with E-state index >= 15 is 0 Å². The summed E-state index contributed by atoms with van der Waals surface area (Å²) in [5.41, 5.74) is 1.33. The van der Waals surface area contributed by atoms with E-state index in [0.717, 1.165) is 20.1 Å². The van der Waals surface area contributed by atoms with Gasteiger partial charge >= 0.3 is 11.9 Å². The molecule has 0 radical (unpaired) electrons. The Morgan fingerprint density at radius 1 is 0.533 bits per heavy atom. The molecule has 0 unspecified atom stereocenters. The third-order valence-corrected chi connectivity index (χ3v) is 10.9. The lowest BCUT2D eigenvalue weighted by molar-refractivity contribution is -0.137. The van der Waals surface area contributed by atoms with E-state index < -0.39 is 17.4 Å². The number of hydrogen-bond acceptors (Lipinski definition) is 6. The molecular formula is C31H20Br8O6. The zero-order chi connectivity index (χ0) is 33.1. The molecule has 236 valence electrons. The number of benzene rings is 4. The maximum absolute atomic E-state index is 12.6. The van der Waals surface area contributed by atoms with Gasteiger partial charge in [-0.05, 0) is 167 Å². The first kappa shape index (κ1) is 37.1. The molecule has 0 fully saturated rings. The molecule has 6 nitrogen and oxygen atoms in total. The van der Waals surface area contributed by atoms with Crippen LogP contribution in [-0.2, 0) is 15.0 Å². The van der Waals surface area contributed by atoms with Gasteiger partial charge in [-0.15, -0.1) is 0 Å². The highest BCUT2D eigenvalue weighted by Gasteiger charge is 2.28. The molecule has 0 spiro atoms. The van der Waals surface area contributed by atoms with Crippen molar-refractivity contribution in [2.75, 3.05) is 13.2 Å². The average Bonchev–Trinajstić information content (AvgIpc) is 2.95. The molecule has 4 aromatic carbocycles. The van der Waals surface area contributed by atoms with Gasteiger partial charge in [-0.25, -0.2) is 9.59 Å². The molecule has 0 aliphatic rings. The molecule has 0 N–H and O–H groups in total. The lowest BCUT2D eigenvalue weighted by Crippen LogP contribution is -2.21. The Morgan fingerprint density at radius 3 is 1.18 bits per heavy atom. The van der Waals surface area contributed by atoms with Crippen molar-refractivity contribution >= 4 is 139 Å². The highest BCUT2D eigenvalue weighted by atomic mass is 79.9. The fraction of sp³-hybridized carbons (Fsp3) is 0.161. The number of ether oxygens (including phenoxy) is 4. The van der Waals surface area contributed by atoms with Crippen LogP contribution in [0.4, 0.5) is 0 Å². The second kappa shape index (κ2) is 16.1. The molecule has 0 amide bonds. The summed E-state index contributed by atoms with van der Waals surface area (Å²) in [7, 11) is 0. The van der Waals surface area contributed by atoms with Gasteiger partial charge in [0.15, 0.2) is 24.7 Å². The van der Waals surface area contributed by atoms with Crippen molar-refractivity contribution in [3.63, 3.8) is 0 Å². The lowest BCUT2D eigenvalue weighted by Gasteiger charge is -2.28. The predicted molar refractivity (Wildman–Crippen MR) is 202 cm³/mol. The van der Waals surface area contributed by atoms with E-state index in [1.165, 1.54) is 0 Å². The molecule has 0 bridgehead atoms. The fourth-order valence-corrected chi connectivity index (χ4v) is 8.97. The summed E-state index contributed by atoms with van der Waals surface area (Å²) in [6, 6.07) is 18.4. The molecule has 4 rings (SSSR count). The molecule has 4 aromatic rings. The molecule has 0 atom stereocenters. The number of hydrogen-bond donors (Lipinski definition) is 0. The monoisotopic (exact) mass is 1120 g/mol. The van der Waals surface area contributed by atoms with Crippen molar-refractivity contribution in [1.29, 1.82) is 0 Å². The third-order valence-electron chi connectivity index (χ3n) is 6.35. The Balaban J connectivity index is 1.45. The van der Waals surface area contributed by atoms with E-state index in [9.17, 15) is 9.59 Å². The minimum absolute atomic E-state index is 0.279. The Kier molecular flexibility index (Phi) is 13.3. The van der Waals surface area contributed by atoms with Crippen molar-refractivity contribution in [3.05, 3.63) is 108 Å². The molecular weight excluding hydrogens is 1110 g/mol. The van der Waals surface area contributed by atoms with E-state index in [2.05, 4.69) is 141 Å². The maximum Gasteiger partial charge on any atom is 0.349 e. The Labute approximate surface area is 327 Å². The van der Waals surface area contributed by atoms with Gasteiger partial charge in [0.05, 0.1) is 26.8 Å². The SMILES string of the molecule is CC(C)(c1cc(Br)c(OC(=O)COc2ccc(Br)cc2Br)c(Br)c1)c1cc(Br)c(OC(=O)COc2ccc(Br)cc2Br)c(Br)c1. The first-order chi connectivity index (χ1) is 21.1. The molecule has 0 heterocycles. The van der Waals surface area contributed by atoms with Crippen molar-refractivity contribution < 1.29 is 28.5 Å². The van der Waals surface area contributed by atoms with E-state index in [-0.39, 0.29) is 13.2 Å². The summed E-state index contributed by atoms with van der Waals surface area (Å²) in [4.78, 5) is 25.2. The molecule has 0 aliphatic carbocycles. The third kappa shape index (κ3) is 9.67. The topological polar surface area (TPSA) is 71.1 Å². The van der Waals surface area contributed by atoms with Crippen LogP contribution >= 0.6 is 127 Å². The quantitative estimate of drug-likeness (QED) is 0.116. The highest BCUT2D eigenvalue weighted by molar-refractivity contribution is 9.12. The number of rotatable bonds is 10. The van der Waals surface area contributed by atoms with Gasteiger partial charge in [0, 0.05) is 14.4 Å². The standard InChI is InChI=1S/C31H20Br8O6/c1-31(2,15-7-21(36)29(22(37)8-15)44-27(40)13-42-25-5-3-17(32)11-19(25)34)16-9-23(38)30(24(39)10-16)45-28(41)14-43-26-6-4-18(33)12-20(26)35/h3-12H,13-14H2,1-2H3. The molecule has 0 saturated heterocycles. The summed E-state index contributed by atoms with van der Waals surface area (Å²) >= 11 is 27.9. The molecule has 0 aliphatic heterocycles. The second-order valence-corrected chi connectivity index (χ2v) is 16.8. The molecule has 0 aromatic heterocycles. The van der Waals surface area contributed by atoms with Crippen LogP contribution in [0.5, 0.6) is 23.0 Å². The Hall–Kier alpha value is -0.740. The minimum Gasteiger partial charge on any atom is -0.481 e. The van der Waals surface area contributed by atoms with Gasteiger partial charge in [-0.3, -0.25) is 0 Å². The average molecular weight is 1130 g/mol. The Bertz CT molecular complexity index is 1600. The van der Waals surface area contributed by atoms with Crippen LogP contribution in [0.3, 0.4) is 0 Å². The highest BCUT2D eigenvalue weighted by Crippen LogP contribution is 2.44. The van der Waals surface area contributed by atoms with Crippen LogP contribution in [0.2, 0.25) is 0 Å². The van der Waals surface area contributed by atoms with Gasteiger partial charge < -0.3 is 18.9 Å². The van der Waals surface area contributed by atoms with E-state index in [4.69, 9.17) is 18.9 Å². The zero-order valence-corrected chi connectivity index (χ0v) is 35.8. The van der Waals surface area contributed by atoms with Gasteiger partial charge in [0.2, 0.25) is 0 Å². The van der Waals surface area contributed by atoms with Crippen LogP contribution in [0.15, 0.2) is 96.4 Å². The number of carbonyl (C=O) groups is 2. The largest absolute Gasteiger partial charge is 0.481 e. The van der Waals surface area contributed by atoms with Crippen LogP contribution < -0.4 is 18.9 Å². The normalized spacial score (nSPS) is 11.2. The van der Waals surface area contributed by atoms with E-state index in [1.54, 1.807) is 12.1 Å². The van der Waals surface area contributed by atoms with Crippen LogP contribution in [-0.4, -0.2) is 25.2 Å². The summed E-state index contributed by atoms with van der Waals surface area (Å²) in [6.45, 7) is 3.56. The van der Waals surface area contributed by atoms with Crippen LogP contribution in [0, 0.1) is 0 Å². The smallest absolute Gasteiger partial charge is 0.349 e. The zero-order valence-electron chi connectivity index (χ0n) is 23.2. The van der Waals surface area contributed by atoms with Gasteiger partial charge in [-0.2, -0.15) is 0 Å². The van der Waals surface area contributed by atoms with Gasteiger partial charge in [0.1, 0.15) is 11.5 Å². The van der Waals surface area contributed by atoms with Gasteiger partial charge in [0.25, 0.3) is 0 Å². The maximum atomic E-state index is 12.6. The van der Waals surface area contributed by atoms with Crippen molar-refractivity contribution in [2.45, 2.75) is 19.3 Å². The van der Waals surface area contributed by atoms with E-state index in [1.807, 2.05) is 48.5 Å². The first-order valence-corrected chi connectivity index (χ1v) is 19.1. The van der Waals surface area contributed by atoms with Crippen molar-refractivity contribution in [1.82, 2.24) is 0 Å². The minimum atomic E-state index is -0.564. The number of carbonyl (C=O) groups excluding carboxylic acids is 2. The molecule has 14 heteroatoms. The summed E-state index contributed by atoms with van der Waals surface area (Å²) in [5.74, 6) is 0.578. The van der Waals surface area contributed by atoms with Crippen molar-refractivity contribution in [3.8, 4) is 23.0 Å². The summed E-state index contributed by atoms with van der Waals surface area (Å²) < 4.78 is 28.0. The second-order valence-electron chi connectivity index (χ2n) is 9.84. The van der Waals surface area contributed by atoms with Crippen LogP contribution in [0.1, 0.15) is 25.0 Å². The molecule has 45 heavy (non-hydrogen) atoms. The number of halogens is 8. The molecule has 0 saturated carbocycles. The fourth-order valence-electron chi connectivity index (χ4n) is 3.95. The number of esters is 2. The van der Waals surface area contributed by atoms with Crippen molar-refractivity contribution in [2.24, 2.45) is 0 Å². The van der Waals surface area contributed by atoms with Gasteiger partial charge in [-0.1, -0.05) is 45.7 Å². The predicted octanol–water partition coefficient (Wildman–Crippen LogP) is 12.1. The summed E-state index contributed by atoms with van der Waals surface area (Å²) in [5, 5.41) is 0. The van der Waals surface area contributed by atoms with E-state index in [0.29, 0.717) is 49.8 Å².